The van der Waals surface area contributed by atoms with Crippen LogP contribution >= 0.6 is 0 Å². The van der Waals surface area contributed by atoms with Crippen molar-refractivity contribution >= 4 is 5.91 Å². The van der Waals surface area contributed by atoms with Crippen LogP contribution in [-0.2, 0) is 11.3 Å². The number of nitrogens with two attached hydrogens (primary N) is 1. The molecule has 4 nitrogen and oxygen atoms in total. The number of carbonyl (C=O) groups is 1. The largest absolute Gasteiger partial charge is 0.368 e. The Labute approximate surface area is 90.7 Å². The fraction of sp³-hybridized carbons (Fsp3) is 0.455. The van der Waals surface area contributed by atoms with E-state index in [4.69, 9.17) is 5.73 Å². The van der Waals surface area contributed by atoms with Crippen LogP contribution in [0.5, 0.6) is 0 Å². The van der Waals surface area contributed by atoms with Crippen LogP contribution in [0.4, 0.5) is 0 Å². The SMILES string of the molecule is CC.CC.NC(=O)Cn1ccccc1=O. The summed E-state index contributed by atoms with van der Waals surface area (Å²) in [7, 11) is 0. The van der Waals surface area contributed by atoms with Gasteiger partial charge in [-0.15, -0.1) is 0 Å². The molecule has 0 unspecified atom stereocenters. The van der Waals surface area contributed by atoms with Crippen molar-refractivity contribution in [2.75, 3.05) is 0 Å². The number of primary amides is 1. The minimum atomic E-state index is -0.515. The molecular formula is C11H20N2O2. The number of hydrogen-bond donors (Lipinski definition) is 1. The molecule has 0 aromatic carbocycles. The van der Waals surface area contributed by atoms with Gasteiger partial charge in [-0.25, -0.2) is 0 Å². The maximum atomic E-state index is 10.9. The Kier molecular flexibility index (Phi) is 11.1. The van der Waals surface area contributed by atoms with E-state index in [9.17, 15) is 9.59 Å². The molecule has 0 spiro atoms. The van der Waals surface area contributed by atoms with Crippen molar-refractivity contribution in [3.63, 3.8) is 0 Å². The first-order chi connectivity index (χ1) is 7.20. The van der Waals surface area contributed by atoms with Gasteiger partial charge in [0.25, 0.3) is 5.56 Å². The van der Waals surface area contributed by atoms with Crippen LogP contribution in [0.1, 0.15) is 27.7 Å². The Morgan fingerprint density at radius 1 is 1.27 bits per heavy atom. The van der Waals surface area contributed by atoms with E-state index < -0.39 is 5.91 Å². The molecule has 86 valence electrons. The average molecular weight is 212 g/mol. The highest BCUT2D eigenvalue weighted by Gasteiger charge is 1.96. The van der Waals surface area contributed by atoms with Crippen molar-refractivity contribution in [2.24, 2.45) is 5.73 Å². The topological polar surface area (TPSA) is 65.1 Å². The fourth-order valence-corrected chi connectivity index (χ4v) is 0.759. The molecule has 0 saturated carbocycles. The Balaban J connectivity index is 0. The van der Waals surface area contributed by atoms with Gasteiger partial charge in [0.1, 0.15) is 6.54 Å². The number of pyridine rings is 1. The van der Waals surface area contributed by atoms with Gasteiger partial charge in [-0.1, -0.05) is 33.8 Å². The molecule has 2 N–H and O–H groups in total. The third kappa shape index (κ3) is 7.49. The number of carbonyl (C=O) groups excluding carboxylic acids is 1. The summed E-state index contributed by atoms with van der Waals surface area (Å²) in [6.07, 6.45) is 1.52. The van der Waals surface area contributed by atoms with Crippen LogP contribution in [0.3, 0.4) is 0 Å². The van der Waals surface area contributed by atoms with Gasteiger partial charge in [0.05, 0.1) is 0 Å². The predicted octanol–water partition coefficient (Wildman–Crippen LogP) is 1.39. The lowest BCUT2D eigenvalue weighted by molar-refractivity contribution is -0.118. The van der Waals surface area contributed by atoms with E-state index in [2.05, 4.69) is 0 Å². The summed E-state index contributed by atoms with van der Waals surface area (Å²) < 4.78 is 1.25. The van der Waals surface area contributed by atoms with Crippen molar-refractivity contribution in [1.82, 2.24) is 4.57 Å². The van der Waals surface area contributed by atoms with Crippen molar-refractivity contribution < 1.29 is 4.79 Å². The third-order valence-electron chi connectivity index (χ3n) is 1.23. The summed E-state index contributed by atoms with van der Waals surface area (Å²) >= 11 is 0. The molecule has 4 heteroatoms. The molecule has 1 amide bonds. The monoisotopic (exact) mass is 212 g/mol. The normalized spacial score (nSPS) is 7.73. The van der Waals surface area contributed by atoms with Gasteiger partial charge >= 0.3 is 0 Å². The third-order valence-corrected chi connectivity index (χ3v) is 1.23. The highest BCUT2D eigenvalue weighted by atomic mass is 16.2. The minimum absolute atomic E-state index is 0.0559. The maximum Gasteiger partial charge on any atom is 0.250 e. The van der Waals surface area contributed by atoms with Crippen LogP contribution in [0.2, 0.25) is 0 Å². The van der Waals surface area contributed by atoms with Crippen molar-refractivity contribution in [3.05, 3.63) is 34.7 Å². The molecule has 0 fully saturated rings. The molecule has 0 bridgehead atoms. The zero-order chi connectivity index (χ0) is 12.3. The van der Waals surface area contributed by atoms with Crippen LogP contribution in [0.15, 0.2) is 29.2 Å². The molecule has 15 heavy (non-hydrogen) atoms. The predicted molar refractivity (Wildman–Crippen MR) is 62.6 cm³/mol. The van der Waals surface area contributed by atoms with E-state index in [0.717, 1.165) is 0 Å². The number of aromatic nitrogens is 1. The number of rotatable bonds is 2. The van der Waals surface area contributed by atoms with Gasteiger partial charge < -0.3 is 10.3 Å². The van der Waals surface area contributed by atoms with Crippen LogP contribution in [-0.4, -0.2) is 10.5 Å². The van der Waals surface area contributed by atoms with E-state index in [1.54, 1.807) is 12.1 Å². The molecule has 1 aromatic heterocycles. The lowest BCUT2D eigenvalue weighted by Gasteiger charge is -1.98. The van der Waals surface area contributed by atoms with E-state index in [1.165, 1.54) is 16.8 Å². The molecule has 0 aliphatic rings. The quantitative estimate of drug-likeness (QED) is 0.805. The summed E-state index contributed by atoms with van der Waals surface area (Å²) in [6.45, 7) is 7.94. The van der Waals surface area contributed by atoms with Gasteiger partial charge in [0.2, 0.25) is 5.91 Å². The van der Waals surface area contributed by atoms with Gasteiger partial charge in [-0.05, 0) is 6.07 Å². The Hall–Kier alpha value is -1.58. The summed E-state index contributed by atoms with van der Waals surface area (Å²) in [4.78, 5) is 21.3. The summed E-state index contributed by atoms with van der Waals surface area (Å²) in [5.74, 6) is -0.515. The molecule has 0 aliphatic carbocycles. The highest BCUT2D eigenvalue weighted by molar-refractivity contribution is 5.73. The Bertz CT molecular complexity index is 318. The zero-order valence-corrected chi connectivity index (χ0v) is 9.86. The lowest BCUT2D eigenvalue weighted by atomic mass is 10.4. The van der Waals surface area contributed by atoms with Gasteiger partial charge in [-0.3, -0.25) is 9.59 Å². The molecule has 0 saturated heterocycles. The van der Waals surface area contributed by atoms with E-state index in [0.29, 0.717) is 0 Å². The first-order valence-electron chi connectivity index (χ1n) is 5.14. The molecular weight excluding hydrogens is 192 g/mol. The second kappa shape index (κ2) is 10.5. The smallest absolute Gasteiger partial charge is 0.250 e. The number of nitrogens with zero attached hydrogens (tertiary/aromatic N) is 1. The molecule has 0 radical (unpaired) electrons. The maximum absolute atomic E-state index is 10.9. The van der Waals surface area contributed by atoms with E-state index in [1.807, 2.05) is 27.7 Å². The molecule has 1 aromatic rings. The van der Waals surface area contributed by atoms with Crippen molar-refractivity contribution in [2.45, 2.75) is 34.2 Å². The van der Waals surface area contributed by atoms with Crippen LogP contribution < -0.4 is 11.3 Å². The standard InChI is InChI=1S/C7H8N2O2.2C2H6/c8-6(10)5-9-4-2-1-3-7(9)11;2*1-2/h1-4H,5H2,(H2,8,10);2*1-2H3. The highest BCUT2D eigenvalue weighted by Crippen LogP contribution is 1.79. The summed E-state index contributed by atoms with van der Waals surface area (Å²) in [5.41, 5.74) is 4.68. The van der Waals surface area contributed by atoms with Gasteiger partial charge in [-0.2, -0.15) is 0 Å². The van der Waals surface area contributed by atoms with Gasteiger partial charge in [0, 0.05) is 12.3 Å². The van der Waals surface area contributed by atoms with E-state index in [-0.39, 0.29) is 12.1 Å². The first kappa shape index (κ1) is 15.9. The molecule has 0 atom stereocenters. The van der Waals surface area contributed by atoms with E-state index >= 15 is 0 Å². The lowest BCUT2D eigenvalue weighted by Crippen LogP contribution is -2.26. The molecule has 1 heterocycles. The minimum Gasteiger partial charge on any atom is -0.368 e. The van der Waals surface area contributed by atoms with Crippen LogP contribution in [0, 0.1) is 0 Å². The first-order valence-corrected chi connectivity index (χ1v) is 5.14. The summed E-state index contributed by atoms with van der Waals surface area (Å²) in [5, 5.41) is 0. The average Bonchev–Trinajstić information content (AvgIpc) is 2.27. The van der Waals surface area contributed by atoms with Crippen molar-refractivity contribution in [3.8, 4) is 0 Å². The summed E-state index contributed by atoms with van der Waals surface area (Å²) in [6, 6.07) is 4.66. The molecule has 1 rings (SSSR count). The van der Waals surface area contributed by atoms with Crippen molar-refractivity contribution in [1.29, 1.82) is 0 Å². The second-order valence-electron chi connectivity index (χ2n) is 2.13. The van der Waals surface area contributed by atoms with Gasteiger partial charge in [0.15, 0.2) is 0 Å². The second-order valence-corrected chi connectivity index (χ2v) is 2.13. The fourth-order valence-electron chi connectivity index (χ4n) is 0.759. The Morgan fingerprint density at radius 3 is 2.20 bits per heavy atom. The molecule has 0 aliphatic heterocycles. The number of hydrogen-bond acceptors (Lipinski definition) is 2. The van der Waals surface area contributed by atoms with Crippen LogP contribution in [0.25, 0.3) is 0 Å². The zero-order valence-electron chi connectivity index (χ0n) is 9.86. The number of amides is 1. The Morgan fingerprint density at radius 2 is 1.80 bits per heavy atom.